The molecule has 0 heterocycles. The molecule has 0 radical (unpaired) electrons. The lowest BCUT2D eigenvalue weighted by Crippen LogP contribution is -2.25. The number of Topliss-reactive ketones (excluding diaryl/α,β-unsaturated/α-hetero) is 1. The molecule has 0 saturated heterocycles. The third-order valence-corrected chi connectivity index (χ3v) is 2.79. The Kier molecular flexibility index (Phi) is 9.62. The first-order valence-electron chi connectivity index (χ1n) is 5.11. The summed E-state index contributed by atoms with van der Waals surface area (Å²) in [6, 6.07) is 0. The van der Waals surface area contributed by atoms with E-state index in [1.807, 2.05) is 0 Å². The van der Waals surface area contributed by atoms with Crippen LogP contribution in [0, 0.1) is 0 Å². The summed E-state index contributed by atoms with van der Waals surface area (Å²) in [7, 11) is 0. The highest BCUT2D eigenvalue weighted by Crippen LogP contribution is 2.00. The summed E-state index contributed by atoms with van der Waals surface area (Å²) in [6.45, 7) is 2.34. The van der Waals surface area contributed by atoms with Crippen molar-refractivity contribution in [2.24, 2.45) is 0 Å². The van der Waals surface area contributed by atoms with Crippen LogP contribution in [0.4, 0.5) is 0 Å². The zero-order chi connectivity index (χ0) is 11.5. The fourth-order valence-corrected chi connectivity index (χ4v) is 1.69. The fourth-order valence-electron chi connectivity index (χ4n) is 0.909. The van der Waals surface area contributed by atoms with Crippen LogP contribution in [0.5, 0.6) is 0 Å². The van der Waals surface area contributed by atoms with Crippen molar-refractivity contribution in [2.75, 3.05) is 24.7 Å². The molecule has 0 spiro atoms. The lowest BCUT2D eigenvalue weighted by atomic mass is 10.2. The molecule has 88 valence electrons. The van der Waals surface area contributed by atoms with Gasteiger partial charge in [0.25, 0.3) is 0 Å². The predicted octanol–water partition coefficient (Wildman–Crippen LogP) is 0.587. The molecule has 0 aromatic heterocycles. The first-order valence-corrected chi connectivity index (χ1v) is 6.27. The molecule has 0 aromatic carbocycles. The molecule has 0 fully saturated rings. The van der Waals surface area contributed by atoms with Crippen LogP contribution in [0.1, 0.15) is 26.2 Å². The van der Waals surface area contributed by atoms with Gasteiger partial charge in [0, 0.05) is 31.7 Å². The molecule has 0 atom stereocenters. The lowest BCUT2D eigenvalue weighted by molar-refractivity contribution is -0.124. The van der Waals surface area contributed by atoms with Gasteiger partial charge in [0.05, 0.1) is 0 Å². The Morgan fingerprint density at radius 3 is 2.60 bits per heavy atom. The van der Waals surface area contributed by atoms with Crippen LogP contribution in [0.15, 0.2) is 0 Å². The zero-order valence-electron chi connectivity index (χ0n) is 9.12. The number of aliphatic hydroxyl groups excluding tert-OH is 1. The molecule has 0 aliphatic rings. The summed E-state index contributed by atoms with van der Waals surface area (Å²) in [5, 5.41) is 11.3. The Balaban J connectivity index is 3.20. The van der Waals surface area contributed by atoms with Gasteiger partial charge in [0.15, 0.2) is 0 Å². The Morgan fingerprint density at radius 2 is 2.00 bits per heavy atom. The molecule has 4 nitrogen and oxygen atoms in total. The van der Waals surface area contributed by atoms with E-state index in [0.29, 0.717) is 13.0 Å². The molecule has 0 aromatic rings. The third-order valence-electron chi connectivity index (χ3n) is 1.72. The summed E-state index contributed by atoms with van der Waals surface area (Å²) in [6.07, 6.45) is 1.41. The minimum atomic E-state index is -0.0621. The van der Waals surface area contributed by atoms with E-state index in [1.165, 1.54) is 6.92 Å². The Hall–Kier alpha value is -0.550. The van der Waals surface area contributed by atoms with Gasteiger partial charge in [-0.2, -0.15) is 11.8 Å². The van der Waals surface area contributed by atoms with Crippen LogP contribution in [0.25, 0.3) is 0 Å². The second kappa shape index (κ2) is 9.98. The molecule has 1 amide bonds. The first kappa shape index (κ1) is 14.5. The van der Waals surface area contributed by atoms with Crippen molar-refractivity contribution in [1.29, 1.82) is 0 Å². The highest BCUT2D eigenvalue weighted by Gasteiger charge is 2.02. The summed E-state index contributed by atoms with van der Waals surface area (Å²) < 4.78 is 0. The molecule has 0 unspecified atom stereocenters. The number of carbonyl (C=O) groups is 2. The second-order valence-electron chi connectivity index (χ2n) is 3.24. The van der Waals surface area contributed by atoms with Crippen LogP contribution in [-0.2, 0) is 9.59 Å². The van der Waals surface area contributed by atoms with Gasteiger partial charge in [-0.3, -0.25) is 4.79 Å². The number of amides is 1. The van der Waals surface area contributed by atoms with E-state index >= 15 is 0 Å². The van der Waals surface area contributed by atoms with E-state index in [1.54, 1.807) is 11.8 Å². The highest BCUT2D eigenvalue weighted by molar-refractivity contribution is 7.99. The number of thioether (sulfide) groups is 1. The van der Waals surface area contributed by atoms with Crippen LogP contribution in [0.3, 0.4) is 0 Å². The normalized spacial score (nSPS) is 10.0. The summed E-state index contributed by atoms with van der Waals surface area (Å²) in [5.74, 6) is 1.75. The van der Waals surface area contributed by atoms with E-state index in [-0.39, 0.29) is 24.7 Å². The Labute approximate surface area is 94.8 Å². The quantitative estimate of drug-likeness (QED) is 0.572. The number of carbonyl (C=O) groups excluding carboxylic acids is 2. The van der Waals surface area contributed by atoms with E-state index < -0.39 is 0 Å². The maximum absolute atomic E-state index is 11.1. The third kappa shape index (κ3) is 11.4. The maximum atomic E-state index is 11.1. The minimum Gasteiger partial charge on any atom is -0.396 e. The van der Waals surface area contributed by atoms with Crippen LogP contribution in [-0.4, -0.2) is 41.5 Å². The maximum Gasteiger partial charge on any atom is 0.220 e. The van der Waals surface area contributed by atoms with Crippen molar-refractivity contribution < 1.29 is 14.7 Å². The number of ketones is 1. The van der Waals surface area contributed by atoms with Crippen molar-refractivity contribution in [1.82, 2.24) is 5.32 Å². The summed E-state index contributed by atoms with van der Waals surface area (Å²) >= 11 is 1.70. The van der Waals surface area contributed by atoms with Crippen LogP contribution in [0.2, 0.25) is 0 Å². The van der Waals surface area contributed by atoms with Crippen LogP contribution >= 0.6 is 11.8 Å². The highest BCUT2D eigenvalue weighted by atomic mass is 32.2. The Morgan fingerprint density at radius 1 is 1.27 bits per heavy atom. The number of nitrogens with one attached hydrogen (secondary N) is 1. The fraction of sp³-hybridized carbons (Fsp3) is 0.800. The molecule has 5 heteroatoms. The van der Waals surface area contributed by atoms with Crippen molar-refractivity contribution >= 4 is 23.5 Å². The molecule has 15 heavy (non-hydrogen) atoms. The monoisotopic (exact) mass is 233 g/mol. The topological polar surface area (TPSA) is 66.4 Å². The molecular formula is C10H19NO3S. The van der Waals surface area contributed by atoms with Gasteiger partial charge in [-0.1, -0.05) is 0 Å². The molecule has 0 bridgehead atoms. The average Bonchev–Trinajstić information content (AvgIpc) is 2.20. The zero-order valence-corrected chi connectivity index (χ0v) is 9.94. The SMILES string of the molecule is CC(=O)CCC(=O)NCCSCCCO. The second-order valence-corrected chi connectivity index (χ2v) is 4.47. The molecule has 0 aliphatic carbocycles. The molecule has 0 saturated carbocycles. The lowest BCUT2D eigenvalue weighted by Gasteiger charge is -2.03. The molecule has 0 rings (SSSR count). The van der Waals surface area contributed by atoms with Gasteiger partial charge in [-0.15, -0.1) is 0 Å². The van der Waals surface area contributed by atoms with Crippen LogP contribution < -0.4 is 5.32 Å². The predicted molar refractivity (Wildman–Crippen MR) is 62.0 cm³/mol. The number of aliphatic hydroxyl groups is 1. The molecule has 2 N–H and O–H groups in total. The number of hydrogen-bond donors (Lipinski definition) is 2. The number of rotatable bonds is 9. The Bertz CT molecular complexity index is 197. The van der Waals surface area contributed by atoms with Crippen molar-refractivity contribution in [2.45, 2.75) is 26.2 Å². The average molecular weight is 233 g/mol. The van der Waals surface area contributed by atoms with E-state index in [0.717, 1.165) is 17.9 Å². The van der Waals surface area contributed by atoms with Gasteiger partial charge < -0.3 is 15.2 Å². The minimum absolute atomic E-state index is 0.0440. The summed E-state index contributed by atoms with van der Waals surface area (Å²) in [5.41, 5.74) is 0. The standard InChI is InChI=1S/C10H19NO3S/c1-9(13)3-4-10(14)11-5-8-15-7-2-6-12/h12H,2-8H2,1H3,(H,11,14). The summed E-state index contributed by atoms with van der Waals surface area (Å²) in [4.78, 5) is 21.7. The molecular weight excluding hydrogens is 214 g/mol. The number of hydrogen-bond acceptors (Lipinski definition) is 4. The first-order chi connectivity index (χ1) is 7.16. The van der Waals surface area contributed by atoms with Crippen molar-refractivity contribution in [3.8, 4) is 0 Å². The van der Waals surface area contributed by atoms with Crippen molar-refractivity contribution in [3.05, 3.63) is 0 Å². The van der Waals surface area contributed by atoms with Gasteiger partial charge in [-0.25, -0.2) is 0 Å². The van der Waals surface area contributed by atoms with E-state index in [4.69, 9.17) is 5.11 Å². The van der Waals surface area contributed by atoms with E-state index in [2.05, 4.69) is 5.32 Å². The smallest absolute Gasteiger partial charge is 0.220 e. The van der Waals surface area contributed by atoms with Gasteiger partial charge >= 0.3 is 0 Å². The largest absolute Gasteiger partial charge is 0.396 e. The van der Waals surface area contributed by atoms with Gasteiger partial charge in [0.1, 0.15) is 5.78 Å². The van der Waals surface area contributed by atoms with Crippen molar-refractivity contribution in [3.63, 3.8) is 0 Å². The molecule has 0 aliphatic heterocycles. The van der Waals surface area contributed by atoms with Gasteiger partial charge in [-0.05, 0) is 19.1 Å². The van der Waals surface area contributed by atoms with Gasteiger partial charge in [0.2, 0.25) is 5.91 Å². The van der Waals surface area contributed by atoms with E-state index in [9.17, 15) is 9.59 Å².